The summed E-state index contributed by atoms with van der Waals surface area (Å²) < 4.78 is 12.4. The van der Waals surface area contributed by atoms with E-state index in [0.717, 1.165) is 23.3 Å². The number of carbonyl (C=O) groups excluding carboxylic acids is 2. The molecular formula is C34H31Cl2N3O5S2. The Morgan fingerprint density at radius 3 is 2.74 bits per heavy atom. The first-order valence-electron chi connectivity index (χ1n) is 14.8. The largest absolute Gasteiger partial charge is 0.507 e. The quantitative estimate of drug-likeness (QED) is 0.0579. The van der Waals surface area contributed by atoms with Crippen LogP contribution in [0, 0.1) is 5.92 Å². The summed E-state index contributed by atoms with van der Waals surface area (Å²) in [4.78, 5) is 28.8. The molecule has 2 aliphatic heterocycles. The number of aromatic nitrogens is 2. The summed E-state index contributed by atoms with van der Waals surface area (Å²) >= 11 is 15.0. The first kappa shape index (κ1) is 32.4. The van der Waals surface area contributed by atoms with Crippen molar-refractivity contribution in [1.29, 1.82) is 0 Å². The van der Waals surface area contributed by atoms with Crippen molar-refractivity contribution in [2.45, 2.75) is 55.9 Å². The van der Waals surface area contributed by atoms with Gasteiger partial charge in [0.2, 0.25) is 5.13 Å². The minimum atomic E-state index is -0.964. The fourth-order valence-electron chi connectivity index (χ4n) is 5.39. The van der Waals surface area contributed by atoms with Crippen molar-refractivity contribution >= 4 is 68.9 Å². The predicted octanol–water partition coefficient (Wildman–Crippen LogP) is 8.51. The van der Waals surface area contributed by atoms with Crippen molar-refractivity contribution in [1.82, 2.24) is 10.2 Å². The topological polar surface area (TPSA) is 102 Å². The molecule has 8 nitrogen and oxygen atoms in total. The van der Waals surface area contributed by atoms with Crippen LogP contribution >= 0.6 is 46.3 Å². The molecule has 0 saturated carbocycles. The first-order valence-corrected chi connectivity index (χ1v) is 17.4. The van der Waals surface area contributed by atoms with Crippen LogP contribution < -0.4 is 14.4 Å². The summed E-state index contributed by atoms with van der Waals surface area (Å²) in [6, 6.07) is 16.9. The molecule has 0 aliphatic carbocycles. The average molecular weight is 697 g/mol. The van der Waals surface area contributed by atoms with Gasteiger partial charge in [0.15, 0.2) is 4.34 Å². The number of thioether (sulfide) groups is 1. The zero-order valence-corrected chi connectivity index (χ0v) is 28.5. The van der Waals surface area contributed by atoms with Gasteiger partial charge in [-0.3, -0.25) is 14.5 Å². The second-order valence-corrected chi connectivity index (χ2v) is 14.6. The maximum Gasteiger partial charge on any atom is 0.301 e. The van der Waals surface area contributed by atoms with Crippen molar-refractivity contribution in [3.05, 3.63) is 98.5 Å². The fraction of sp³-hybridized carbons (Fsp3) is 0.294. The molecule has 1 saturated heterocycles. The van der Waals surface area contributed by atoms with Crippen LogP contribution in [0.2, 0.25) is 10.0 Å². The molecule has 4 aromatic rings. The van der Waals surface area contributed by atoms with Crippen molar-refractivity contribution in [2.24, 2.45) is 5.92 Å². The summed E-state index contributed by atoms with van der Waals surface area (Å²) in [5.41, 5.74) is 2.79. The van der Waals surface area contributed by atoms with Crippen molar-refractivity contribution < 1.29 is 24.2 Å². The Kier molecular flexibility index (Phi) is 9.61. The van der Waals surface area contributed by atoms with Gasteiger partial charge in [0.05, 0.1) is 18.2 Å². The van der Waals surface area contributed by atoms with E-state index in [9.17, 15) is 14.7 Å². The standard InChI is InChI=1S/C34H31Cl2N3O5S2/c1-18(2)11-12-43-25-6-4-5-20(15-25)29-28(30(40)21-8-10-27-23(14-21)13-19(3)44-27)31(41)32(42)39(29)33-37-38-34(46-33)45-17-22-7-9-24(35)16-26(22)36/h4-10,14-16,18-19,29,40H,11-13,17H2,1-3H3/b30-28+/t19-,29+/m1/s1. The third-order valence-corrected chi connectivity index (χ3v) is 10.4. The molecule has 1 N–H and O–H groups in total. The third-order valence-electron chi connectivity index (χ3n) is 7.72. The van der Waals surface area contributed by atoms with Crippen LogP contribution in [0.4, 0.5) is 5.13 Å². The van der Waals surface area contributed by atoms with E-state index in [4.69, 9.17) is 32.7 Å². The number of aliphatic hydroxyl groups is 1. The van der Waals surface area contributed by atoms with Gasteiger partial charge in [-0.25, -0.2) is 0 Å². The lowest BCUT2D eigenvalue weighted by atomic mass is 9.94. The molecule has 3 heterocycles. The molecule has 12 heteroatoms. The number of halogens is 2. The molecule has 46 heavy (non-hydrogen) atoms. The molecule has 6 rings (SSSR count). The minimum absolute atomic E-state index is 0.0107. The van der Waals surface area contributed by atoms with Crippen LogP contribution in [0.1, 0.15) is 55.5 Å². The zero-order chi connectivity index (χ0) is 32.5. The minimum Gasteiger partial charge on any atom is -0.507 e. The molecule has 1 aromatic heterocycles. The average Bonchev–Trinajstić information content (AvgIpc) is 3.71. The number of hydrogen-bond donors (Lipinski definition) is 1. The summed E-state index contributed by atoms with van der Waals surface area (Å²) in [5, 5.41) is 21.6. The molecule has 0 bridgehead atoms. The number of carbonyl (C=O) groups is 2. The van der Waals surface area contributed by atoms with E-state index < -0.39 is 17.7 Å². The number of amides is 1. The highest BCUT2D eigenvalue weighted by Crippen LogP contribution is 2.45. The van der Waals surface area contributed by atoms with Crippen LogP contribution in [-0.2, 0) is 21.8 Å². The number of fused-ring (bicyclic) bond motifs is 1. The van der Waals surface area contributed by atoms with E-state index in [2.05, 4.69) is 24.0 Å². The number of ketones is 1. The Morgan fingerprint density at radius 2 is 1.96 bits per heavy atom. The van der Waals surface area contributed by atoms with Crippen LogP contribution in [0.3, 0.4) is 0 Å². The normalized spacial score (nSPS) is 18.7. The SMILES string of the molecule is CC(C)CCOc1cccc([C@H]2/C(=C(\O)c3ccc4c(c3)C[C@@H](C)O4)C(=O)C(=O)N2c2nnc(SCc3ccc(Cl)cc3Cl)s2)c1. The summed E-state index contributed by atoms with van der Waals surface area (Å²) in [6.07, 6.45) is 1.56. The number of benzene rings is 3. The van der Waals surface area contributed by atoms with Gasteiger partial charge >= 0.3 is 5.91 Å². The van der Waals surface area contributed by atoms with Gasteiger partial charge in [-0.1, -0.05) is 78.3 Å². The van der Waals surface area contributed by atoms with Gasteiger partial charge in [0.25, 0.3) is 5.78 Å². The maximum absolute atomic E-state index is 13.7. The lowest BCUT2D eigenvalue weighted by Crippen LogP contribution is -2.29. The number of hydrogen-bond acceptors (Lipinski definition) is 9. The molecule has 0 radical (unpaired) electrons. The maximum atomic E-state index is 13.7. The molecule has 0 unspecified atom stereocenters. The predicted molar refractivity (Wildman–Crippen MR) is 182 cm³/mol. The molecule has 238 valence electrons. The van der Waals surface area contributed by atoms with Gasteiger partial charge < -0.3 is 14.6 Å². The molecule has 3 aromatic carbocycles. The monoisotopic (exact) mass is 695 g/mol. The molecule has 1 amide bonds. The Hall–Kier alpha value is -3.57. The van der Waals surface area contributed by atoms with E-state index in [1.807, 2.05) is 37.3 Å². The smallest absolute Gasteiger partial charge is 0.301 e. The third kappa shape index (κ3) is 6.76. The summed E-state index contributed by atoms with van der Waals surface area (Å²) in [5.74, 6) is 0.433. The van der Waals surface area contributed by atoms with E-state index in [-0.39, 0.29) is 22.6 Å². The van der Waals surface area contributed by atoms with E-state index in [1.54, 1.807) is 30.3 Å². The Morgan fingerprint density at radius 1 is 1.13 bits per heavy atom. The van der Waals surface area contributed by atoms with Gasteiger partial charge in [0.1, 0.15) is 23.4 Å². The summed E-state index contributed by atoms with van der Waals surface area (Å²) in [7, 11) is 0. The highest BCUT2D eigenvalue weighted by molar-refractivity contribution is 8.00. The lowest BCUT2D eigenvalue weighted by Gasteiger charge is -2.23. The number of nitrogens with zero attached hydrogens (tertiary/aromatic N) is 3. The van der Waals surface area contributed by atoms with Crippen LogP contribution in [0.25, 0.3) is 5.76 Å². The molecule has 2 aliphatic rings. The second-order valence-electron chi connectivity index (χ2n) is 11.6. The van der Waals surface area contributed by atoms with Crippen LogP contribution in [0.15, 0.2) is 70.6 Å². The highest BCUT2D eigenvalue weighted by atomic mass is 35.5. The molecular weight excluding hydrogens is 665 g/mol. The molecule has 0 spiro atoms. The van der Waals surface area contributed by atoms with Crippen LogP contribution in [0.5, 0.6) is 11.5 Å². The van der Waals surface area contributed by atoms with E-state index in [0.29, 0.717) is 56.0 Å². The van der Waals surface area contributed by atoms with Gasteiger partial charge in [-0.05, 0) is 78.4 Å². The Balaban J connectivity index is 1.37. The van der Waals surface area contributed by atoms with E-state index in [1.165, 1.54) is 28.0 Å². The fourth-order valence-corrected chi connectivity index (χ4v) is 7.82. The van der Waals surface area contributed by atoms with Crippen molar-refractivity contribution in [3.8, 4) is 11.5 Å². The van der Waals surface area contributed by atoms with E-state index >= 15 is 0 Å². The lowest BCUT2D eigenvalue weighted by molar-refractivity contribution is -0.132. The van der Waals surface area contributed by atoms with Gasteiger partial charge in [0, 0.05) is 27.8 Å². The first-order chi connectivity index (χ1) is 22.1. The Labute approximate surface area is 285 Å². The highest BCUT2D eigenvalue weighted by Gasteiger charge is 2.48. The molecule has 1 fully saturated rings. The van der Waals surface area contributed by atoms with Gasteiger partial charge in [-0.2, -0.15) is 0 Å². The number of anilines is 1. The zero-order valence-electron chi connectivity index (χ0n) is 25.3. The number of Topliss-reactive ketones (excluding diaryl/α,β-unsaturated/α-hetero) is 1. The Bertz CT molecular complexity index is 1840. The molecule has 2 atom stereocenters. The number of aliphatic hydroxyl groups excluding tert-OH is 1. The second kappa shape index (κ2) is 13.7. The van der Waals surface area contributed by atoms with Gasteiger partial charge in [-0.15, -0.1) is 10.2 Å². The van der Waals surface area contributed by atoms with Crippen molar-refractivity contribution in [2.75, 3.05) is 11.5 Å². The van der Waals surface area contributed by atoms with Crippen LogP contribution in [-0.4, -0.2) is 39.7 Å². The van der Waals surface area contributed by atoms with Crippen molar-refractivity contribution in [3.63, 3.8) is 0 Å². The number of ether oxygens (including phenoxy) is 2. The number of rotatable bonds is 10. The summed E-state index contributed by atoms with van der Waals surface area (Å²) in [6.45, 7) is 6.74.